The number of nitrogens with zero attached hydrogens (tertiary/aromatic N) is 1. The Balaban J connectivity index is 2.10. The van der Waals surface area contributed by atoms with E-state index in [9.17, 15) is 4.79 Å². The summed E-state index contributed by atoms with van der Waals surface area (Å²) < 4.78 is 6.47. The van der Waals surface area contributed by atoms with Crippen LogP contribution in [0.25, 0.3) is 10.2 Å². The molecule has 1 N–H and O–H groups in total. The van der Waals surface area contributed by atoms with Gasteiger partial charge in [0.15, 0.2) is 5.13 Å². The molecular formula is C13H16N2O2S2. The van der Waals surface area contributed by atoms with Crippen molar-refractivity contribution in [2.75, 3.05) is 23.9 Å². The second-order valence-electron chi connectivity index (χ2n) is 3.87. The second-order valence-corrected chi connectivity index (χ2v) is 5.89. The van der Waals surface area contributed by atoms with Crippen molar-refractivity contribution >= 4 is 44.4 Å². The van der Waals surface area contributed by atoms with Crippen LogP contribution < -0.4 is 10.1 Å². The number of benzene rings is 1. The third kappa shape index (κ3) is 3.84. The van der Waals surface area contributed by atoms with Crippen molar-refractivity contribution < 1.29 is 9.53 Å². The number of carbonyl (C=O) groups excluding carboxylic acids is 1. The Hall–Kier alpha value is -1.27. The summed E-state index contributed by atoms with van der Waals surface area (Å²) in [6.07, 6.45) is 2.50. The van der Waals surface area contributed by atoms with Crippen LogP contribution in [-0.4, -0.2) is 29.5 Å². The van der Waals surface area contributed by atoms with E-state index in [0.29, 0.717) is 18.2 Å². The number of rotatable bonds is 6. The van der Waals surface area contributed by atoms with Crippen LogP contribution in [0.2, 0.25) is 0 Å². The first-order valence-corrected chi connectivity index (χ1v) is 8.26. The Morgan fingerprint density at radius 1 is 1.53 bits per heavy atom. The van der Waals surface area contributed by atoms with Gasteiger partial charge in [-0.05, 0) is 31.4 Å². The number of ether oxygens (including phenoxy) is 1. The van der Waals surface area contributed by atoms with E-state index in [2.05, 4.69) is 10.3 Å². The molecule has 1 amide bonds. The first-order valence-electron chi connectivity index (χ1n) is 6.05. The molecule has 0 radical (unpaired) electrons. The summed E-state index contributed by atoms with van der Waals surface area (Å²) in [7, 11) is 0. The van der Waals surface area contributed by atoms with Crippen LogP contribution in [0, 0.1) is 0 Å². The zero-order valence-corrected chi connectivity index (χ0v) is 12.6. The van der Waals surface area contributed by atoms with Gasteiger partial charge in [-0.2, -0.15) is 11.8 Å². The highest BCUT2D eigenvalue weighted by Gasteiger charge is 2.08. The van der Waals surface area contributed by atoms with E-state index in [4.69, 9.17) is 4.74 Å². The lowest BCUT2D eigenvalue weighted by molar-refractivity contribution is -0.115. The molecule has 0 atom stereocenters. The molecule has 19 heavy (non-hydrogen) atoms. The highest BCUT2D eigenvalue weighted by Crippen LogP contribution is 2.29. The van der Waals surface area contributed by atoms with Gasteiger partial charge in [-0.15, -0.1) is 0 Å². The highest BCUT2D eigenvalue weighted by molar-refractivity contribution is 7.98. The summed E-state index contributed by atoms with van der Waals surface area (Å²) in [6, 6.07) is 5.76. The van der Waals surface area contributed by atoms with E-state index in [1.54, 1.807) is 11.8 Å². The maximum atomic E-state index is 11.6. The molecular weight excluding hydrogens is 280 g/mol. The minimum atomic E-state index is 0.0124. The van der Waals surface area contributed by atoms with Crippen molar-refractivity contribution in [2.24, 2.45) is 0 Å². The largest absolute Gasteiger partial charge is 0.494 e. The maximum absolute atomic E-state index is 11.6. The van der Waals surface area contributed by atoms with Gasteiger partial charge in [-0.25, -0.2) is 4.98 Å². The standard InChI is InChI=1S/C13H16N2O2S2/c1-3-17-9-4-5-10-11(8-9)19-13(14-10)15-12(16)6-7-18-2/h4-5,8H,3,6-7H2,1-2H3,(H,14,15,16). The van der Waals surface area contributed by atoms with Gasteiger partial charge in [0.25, 0.3) is 0 Å². The van der Waals surface area contributed by atoms with Crippen LogP contribution in [0.4, 0.5) is 5.13 Å². The zero-order chi connectivity index (χ0) is 13.7. The smallest absolute Gasteiger partial charge is 0.226 e. The molecule has 0 unspecified atom stereocenters. The molecule has 4 nitrogen and oxygen atoms in total. The van der Waals surface area contributed by atoms with Gasteiger partial charge in [-0.3, -0.25) is 4.79 Å². The predicted molar refractivity (Wildman–Crippen MR) is 82.4 cm³/mol. The average Bonchev–Trinajstić information content (AvgIpc) is 2.78. The highest BCUT2D eigenvalue weighted by atomic mass is 32.2. The second kappa shape index (κ2) is 6.77. The van der Waals surface area contributed by atoms with Gasteiger partial charge in [0.2, 0.25) is 5.91 Å². The lowest BCUT2D eigenvalue weighted by Crippen LogP contribution is -2.11. The molecule has 0 aliphatic rings. The SMILES string of the molecule is CCOc1ccc2nc(NC(=O)CCSC)sc2c1. The fraction of sp³-hybridized carbons (Fsp3) is 0.385. The molecule has 0 spiro atoms. The Morgan fingerprint density at radius 2 is 2.37 bits per heavy atom. The van der Waals surface area contributed by atoms with Gasteiger partial charge in [0, 0.05) is 12.2 Å². The summed E-state index contributed by atoms with van der Waals surface area (Å²) in [4.78, 5) is 16.0. The molecule has 102 valence electrons. The van der Waals surface area contributed by atoms with Crippen LogP contribution >= 0.6 is 23.1 Å². The van der Waals surface area contributed by atoms with Crippen LogP contribution in [0.1, 0.15) is 13.3 Å². The molecule has 1 aromatic carbocycles. The number of thioether (sulfide) groups is 1. The lowest BCUT2D eigenvalue weighted by atomic mass is 10.3. The van der Waals surface area contributed by atoms with Crippen molar-refractivity contribution in [3.63, 3.8) is 0 Å². The molecule has 0 aliphatic carbocycles. The quantitative estimate of drug-likeness (QED) is 0.888. The predicted octanol–water partition coefficient (Wildman–Crippen LogP) is 3.39. The van der Waals surface area contributed by atoms with Gasteiger partial charge in [0.1, 0.15) is 5.75 Å². The molecule has 0 bridgehead atoms. The van der Waals surface area contributed by atoms with Gasteiger partial charge in [-0.1, -0.05) is 11.3 Å². The summed E-state index contributed by atoms with van der Waals surface area (Å²) in [5, 5.41) is 3.48. The Bertz CT molecular complexity index is 569. The monoisotopic (exact) mass is 296 g/mol. The summed E-state index contributed by atoms with van der Waals surface area (Å²) in [6.45, 7) is 2.59. The van der Waals surface area contributed by atoms with Crippen LogP contribution in [0.5, 0.6) is 5.75 Å². The first-order chi connectivity index (χ1) is 9.22. The number of anilines is 1. The Labute approximate surface area is 120 Å². The van der Waals surface area contributed by atoms with Crippen molar-refractivity contribution in [3.8, 4) is 5.75 Å². The van der Waals surface area contributed by atoms with Crippen LogP contribution in [0.3, 0.4) is 0 Å². The van der Waals surface area contributed by atoms with Crippen LogP contribution in [-0.2, 0) is 4.79 Å². The first kappa shape index (κ1) is 14.1. The van der Waals surface area contributed by atoms with Gasteiger partial charge >= 0.3 is 0 Å². The minimum Gasteiger partial charge on any atom is -0.494 e. The van der Waals surface area contributed by atoms with Crippen molar-refractivity contribution in [3.05, 3.63) is 18.2 Å². The number of nitrogens with one attached hydrogen (secondary N) is 1. The number of hydrogen-bond acceptors (Lipinski definition) is 5. The molecule has 2 rings (SSSR count). The molecule has 0 aliphatic heterocycles. The van der Waals surface area contributed by atoms with Crippen molar-refractivity contribution in [1.29, 1.82) is 0 Å². The molecule has 1 aromatic heterocycles. The van der Waals surface area contributed by atoms with E-state index in [1.165, 1.54) is 11.3 Å². The minimum absolute atomic E-state index is 0.0124. The third-order valence-corrected chi connectivity index (χ3v) is 4.00. The van der Waals surface area contributed by atoms with Gasteiger partial charge < -0.3 is 10.1 Å². The van der Waals surface area contributed by atoms with E-state index >= 15 is 0 Å². The zero-order valence-electron chi connectivity index (χ0n) is 10.9. The van der Waals surface area contributed by atoms with E-state index in [1.807, 2.05) is 31.4 Å². The normalized spacial score (nSPS) is 10.6. The Kier molecular flexibility index (Phi) is 5.04. The van der Waals surface area contributed by atoms with Crippen molar-refractivity contribution in [2.45, 2.75) is 13.3 Å². The fourth-order valence-electron chi connectivity index (χ4n) is 1.59. The van der Waals surface area contributed by atoms with Crippen molar-refractivity contribution in [1.82, 2.24) is 4.98 Å². The summed E-state index contributed by atoms with van der Waals surface area (Å²) in [5.41, 5.74) is 0.883. The molecule has 0 saturated carbocycles. The van der Waals surface area contributed by atoms with E-state index in [-0.39, 0.29) is 5.91 Å². The van der Waals surface area contributed by atoms with E-state index < -0.39 is 0 Å². The van der Waals surface area contributed by atoms with Crippen LogP contribution in [0.15, 0.2) is 18.2 Å². The number of hydrogen-bond donors (Lipinski definition) is 1. The third-order valence-electron chi connectivity index (χ3n) is 2.45. The number of amides is 1. The fourth-order valence-corrected chi connectivity index (χ4v) is 2.89. The topological polar surface area (TPSA) is 51.2 Å². The maximum Gasteiger partial charge on any atom is 0.226 e. The molecule has 6 heteroatoms. The number of aromatic nitrogens is 1. The molecule has 0 saturated heterocycles. The Morgan fingerprint density at radius 3 is 3.11 bits per heavy atom. The summed E-state index contributed by atoms with van der Waals surface area (Å²) in [5.74, 6) is 1.67. The molecule has 1 heterocycles. The number of carbonyl (C=O) groups is 1. The van der Waals surface area contributed by atoms with E-state index in [0.717, 1.165) is 21.7 Å². The lowest BCUT2D eigenvalue weighted by Gasteiger charge is -2.00. The average molecular weight is 296 g/mol. The molecule has 2 aromatic rings. The molecule has 0 fully saturated rings. The summed E-state index contributed by atoms with van der Waals surface area (Å²) >= 11 is 3.13. The number of thiazole rings is 1. The van der Waals surface area contributed by atoms with Gasteiger partial charge in [0.05, 0.1) is 16.8 Å². The number of fused-ring (bicyclic) bond motifs is 1.